The van der Waals surface area contributed by atoms with Gasteiger partial charge in [-0.3, -0.25) is 9.59 Å². The number of benzene rings is 2. The molecule has 9 heteroatoms. The molecule has 1 aliphatic carbocycles. The molecule has 36 heavy (non-hydrogen) atoms. The van der Waals surface area contributed by atoms with Gasteiger partial charge in [-0.15, -0.1) is 0 Å². The van der Waals surface area contributed by atoms with Crippen molar-refractivity contribution in [1.29, 1.82) is 0 Å². The van der Waals surface area contributed by atoms with Crippen LogP contribution in [0.5, 0.6) is 0 Å². The maximum absolute atomic E-state index is 12.9. The van der Waals surface area contributed by atoms with Crippen molar-refractivity contribution < 1.29 is 14.4 Å². The lowest BCUT2D eigenvalue weighted by Crippen LogP contribution is -2.41. The Balaban J connectivity index is 1.31. The van der Waals surface area contributed by atoms with Crippen molar-refractivity contribution in [3.8, 4) is 11.8 Å². The van der Waals surface area contributed by atoms with Crippen molar-refractivity contribution in [2.24, 2.45) is 5.92 Å². The maximum atomic E-state index is 12.9. The van der Waals surface area contributed by atoms with E-state index in [1.807, 2.05) is 30.3 Å². The molecule has 0 aromatic heterocycles. The molecule has 0 saturated heterocycles. The predicted molar refractivity (Wildman–Crippen MR) is 140 cm³/mol. The lowest BCUT2D eigenvalue weighted by molar-refractivity contribution is 0.0761. The van der Waals surface area contributed by atoms with Gasteiger partial charge < -0.3 is 20.4 Å². The van der Waals surface area contributed by atoms with Crippen LogP contribution in [0, 0.1) is 17.8 Å². The fourth-order valence-electron chi connectivity index (χ4n) is 3.98. The second-order valence-corrected chi connectivity index (χ2v) is 9.76. The molecule has 0 atom stereocenters. The van der Waals surface area contributed by atoms with E-state index in [0.717, 1.165) is 18.4 Å². The molecule has 0 spiro atoms. The van der Waals surface area contributed by atoms with Gasteiger partial charge in [0.1, 0.15) is 0 Å². The van der Waals surface area contributed by atoms with E-state index >= 15 is 0 Å². The van der Waals surface area contributed by atoms with Gasteiger partial charge in [0.15, 0.2) is 0 Å². The third kappa shape index (κ3) is 6.31. The van der Waals surface area contributed by atoms with Gasteiger partial charge in [-0.05, 0) is 36.5 Å². The molecular weight excluding hydrogens is 499 g/mol. The van der Waals surface area contributed by atoms with Crippen molar-refractivity contribution in [2.75, 3.05) is 33.2 Å². The number of rotatable bonds is 7. The smallest absolute Gasteiger partial charge is 0.317 e. The summed E-state index contributed by atoms with van der Waals surface area (Å²) in [6.07, 6.45) is 2.79. The summed E-state index contributed by atoms with van der Waals surface area (Å²) in [7, 11) is 1.70. The Kier molecular flexibility index (Phi) is 8.40. The van der Waals surface area contributed by atoms with Crippen LogP contribution in [0.3, 0.4) is 0 Å². The molecule has 2 aromatic carbocycles. The molecule has 4 rings (SSSR count). The fourth-order valence-corrected chi connectivity index (χ4v) is 4.71. The van der Waals surface area contributed by atoms with Gasteiger partial charge in [0.25, 0.3) is 11.8 Å². The Morgan fingerprint density at radius 1 is 1.14 bits per heavy atom. The highest BCUT2D eigenvalue weighted by Crippen LogP contribution is 2.34. The zero-order valence-electron chi connectivity index (χ0n) is 20.1. The molecule has 1 heterocycles. The molecule has 4 amide bonds. The molecule has 2 aromatic rings. The second kappa shape index (κ2) is 11.7. The van der Waals surface area contributed by atoms with Crippen molar-refractivity contribution >= 4 is 41.0 Å². The highest BCUT2D eigenvalue weighted by molar-refractivity contribution is 6.41. The number of nitrogens with one attached hydrogen (secondary N) is 2. The number of nitrogens with zero attached hydrogens (tertiary/aromatic N) is 2. The lowest BCUT2D eigenvalue weighted by Gasteiger charge is -2.28. The summed E-state index contributed by atoms with van der Waals surface area (Å²) < 4.78 is 0. The number of carbonyl (C=O) groups is 3. The van der Waals surface area contributed by atoms with E-state index in [9.17, 15) is 14.4 Å². The largest absolute Gasteiger partial charge is 0.350 e. The first-order valence-corrected chi connectivity index (χ1v) is 12.7. The molecule has 2 N–H and O–H groups in total. The summed E-state index contributed by atoms with van der Waals surface area (Å²) in [5, 5.41) is 5.82. The van der Waals surface area contributed by atoms with Crippen molar-refractivity contribution in [1.82, 2.24) is 20.4 Å². The summed E-state index contributed by atoms with van der Waals surface area (Å²) in [5.41, 5.74) is 2.19. The Labute approximate surface area is 221 Å². The van der Waals surface area contributed by atoms with Crippen LogP contribution in [-0.4, -0.2) is 60.9 Å². The van der Waals surface area contributed by atoms with E-state index in [-0.39, 0.29) is 40.6 Å². The zero-order valence-corrected chi connectivity index (χ0v) is 21.6. The van der Waals surface area contributed by atoms with Gasteiger partial charge >= 0.3 is 6.03 Å². The Hall–Kier alpha value is -3.21. The lowest BCUT2D eigenvalue weighted by atomic mass is 9.96. The number of hydrogen-bond donors (Lipinski definition) is 2. The van der Waals surface area contributed by atoms with Crippen LogP contribution in [0.25, 0.3) is 0 Å². The molecular formula is C27H28Cl2N4O3. The van der Waals surface area contributed by atoms with Crippen molar-refractivity contribution in [3.05, 3.63) is 68.7 Å². The average molecular weight is 527 g/mol. The highest BCUT2D eigenvalue weighted by atomic mass is 35.5. The van der Waals surface area contributed by atoms with Gasteiger partial charge in [0.05, 0.1) is 22.2 Å². The number of urea groups is 1. The van der Waals surface area contributed by atoms with Gasteiger partial charge in [0, 0.05) is 44.7 Å². The van der Waals surface area contributed by atoms with E-state index in [0.29, 0.717) is 43.1 Å². The third-order valence-electron chi connectivity index (χ3n) is 6.15. The van der Waals surface area contributed by atoms with Crippen LogP contribution in [0.4, 0.5) is 4.79 Å². The molecule has 0 unspecified atom stereocenters. The molecule has 0 bridgehead atoms. The monoisotopic (exact) mass is 526 g/mol. The standard InChI is InChI=1S/C27H28Cl2N4O3/c1-32(17-19-6-3-2-4-7-19)27(36)31-13-12-30-25(34)23-22(28)16-21-20(24(23)29)11-15-33(26(21)35)14-5-8-18-9-10-18/h2-4,6-7,16,18H,9-15,17H2,1H3,(H,30,34)(H,31,36). The number of hydrogen-bond acceptors (Lipinski definition) is 3. The van der Waals surface area contributed by atoms with Gasteiger partial charge in [-0.1, -0.05) is 65.4 Å². The molecule has 7 nitrogen and oxygen atoms in total. The Morgan fingerprint density at radius 3 is 2.58 bits per heavy atom. The maximum Gasteiger partial charge on any atom is 0.317 e. The van der Waals surface area contributed by atoms with E-state index in [1.54, 1.807) is 16.8 Å². The van der Waals surface area contributed by atoms with E-state index < -0.39 is 5.91 Å². The normalized spacial score (nSPS) is 14.4. The van der Waals surface area contributed by atoms with Crippen LogP contribution < -0.4 is 10.6 Å². The average Bonchev–Trinajstić information content (AvgIpc) is 3.68. The summed E-state index contributed by atoms with van der Waals surface area (Å²) >= 11 is 12.9. The van der Waals surface area contributed by atoms with Gasteiger partial charge in [-0.25, -0.2) is 4.79 Å². The summed E-state index contributed by atoms with van der Waals surface area (Å²) in [4.78, 5) is 41.3. The van der Waals surface area contributed by atoms with Crippen LogP contribution in [-0.2, 0) is 13.0 Å². The highest BCUT2D eigenvalue weighted by Gasteiger charge is 2.30. The minimum atomic E-state index is -0.454. The molecule has 2 aliphatic rings. The number of amides is 4. The molecule has 0 radical (unpaired) electrons. The molecule has 1 aliphatic heterocycles. The minimum absolute atomic E-state index is 0.113. The quantitative estimate of drug-likeness (QED) is 0.423. The van der Waals surface area contributed by atoms with E-state index in [1.165, 1.54) is 6.07 Å². The first-order chi connectivity index (χ1) is 17.3. The minimum Gasteiger partial charge on any atom is -0.350 e. The number of carbonyl (C=O) groups excluding carboxylic acids is 3. The van der Waals surface area contributed by atoms with Crippen LogP contribution in [0.1, 0.15) is 44.7 Å². The topological polar surface area (TPSA) is 81.8 Å². The number of fused-ring (bicyclic) bond motifs is 1. The number of halogens is 2. The van der Waals surface area contributed by atoms with Gasteiger partial charge in [-0.2, -0.15) is 0 Å². The van der Waals surface area contributed by atoms with Gasteiger partial charge in [0.2, 0.25) is 0 Å². The van der Waals surface area contributed by atoms with Crippen molar-refractivity contribution in [3.63, 3.8) is 0 Å². The molecule has 1 saturated carbocycles. The molecule has 1 fully saturated rings. The predicted octanol–water partition coefficient (Wildman–Crippen LogP) is 3.98. The van der Waals surface area contributed by atoms with E-state index in [2.05, 4.69) is 22.5 Å². The van der Waals surface area contributed by atoms with Crippen LogP contribution in [0.2, 0.25) is 10.0 Å². The zero-order chi connectivity index (χ0) is 25.7. The molecule has 188 valence electrons. The summed E-state index contributed by atoms with van der Waals surface area (Å²) in [6, 6.07) is 10.9. The summed E-state index contributed by atoms with van der Waals surface area (Å²) in [5.74, 6) is 6.09. The first-order valence-electron chi connectivity index (χ1n) is 11.9. The first kappa shape index (κ1) is 25.9. The van der Waals surface area contributed by atoms with E-state index in [4.69, 9.17) is 23.2 Å². The fraction of sp³-hybridized carbons (Fsp3) is 0.370. The Morgan fingerprint density at radius 2 is 1.86 bits per heavy atom. The summed E-state index contributed by atoms with van der Waals surface area (Å²) in [6.45, 7) is 1.76. The SMILES string of the molecule is CN(Cc1ccccc1)C(=O)NCCNC(=O)c1c(Cl)cc2c(c1Cl)CCN(CC#CC1CC1)C2=O. The van der Waals surface area contributed by atoms with Crippen LogP contribution >= 0.6 is 23.2 Å². The second-order valence-electron chi connectivity index (χ2n) is 8.98. The third-order valence-corrected chi connectivity index (χ3v) is 6.86. The van der Waals surface area contributed by atoms with Crippen molar-refractivity contribution in [2.45, 2.75) is 25.8 Å². The Bertz CT molecular complexity index is 1220. The van der Waals surface area contributed by atoms with Crippen LogP contribution in [0.15, 0.2) is 36.4 Å².